The highest BCUT2D eigenvalue weighted by molar-refractivity contribution is 6.32. The fourth-order valence-electron chi connectivity index (χ4n) is 3.42. The standard InChI is InChI=1S/C21H26ClN5O4/c1-4-24-16(28)10-14-15(31-21(29)13-8-6-5-7-9-13)11-17(30-14)27(3)20-18(23)19(22)25-12(2)26-20/h5-9,14-15,17H,4,10-11,23H2,1-3H3,(H,24,28)/t14?,15-,17?/m0/s1. The van der Waals surface area contributed by atoms with Crippen molar-refractivity contribution in [2.24, 2.45) is 0 Å². The fourth-order valence-corrected chi connectivity index (χ4v) is 3.63. The molecule has 0 spiro atoms. The number of nitrogens with two attached hydrogens (primary N) is 1. The highest BCUT2D eigenvalue weighted by atomic mass is 35.5. The number of nitrogen functional groups attached to an aromatic ring is 1. The SMILES string of the molecule is CCNC(=O)CC1OC(N(C)c2nc(C)nc(Cl)c2N)C[C@@H]1OC(=O)c1ccccc1. The van der Waals surface area contributed by atoms with Gasteiger partial charge < -0.3 is 25.4 Å². The number of rotatable bonds is 7. The molecule has 10 heteroatoms. The van der Waals surface area contributed by atoms with E-state index in [9.17, 15) is 9.59 Å². The van der Waals surface area contributed by atoms with Crippen molar-refractivity contribution in [2.45, 2.75) is 45.1 Å². The van der Waals surface area contributed by atoms with Crippen LogP contribution < -0.4 is 16.0 Å². The zero-order valence-electron chi connectivity index (χ0n) is 17.7. The molecule has 0 aliphatic carbocycles. The van der Waals surface area contributed by atoms with Gasteiger partial charge in [-0.25, -0.2) is 14.8 Å². The van der Waals surface area contributed by atoms with Crippen LogP contribution in [-0.4, -0.2) is 53.9 Å². The predicted octanol–water partition coefficient (Wildman–Crippen LogP) is 2.32. The van der Waals surface area contributed by atoms with E-state index < -0.39 is 24.4 Å². The number of hydrogen-bond acceptors (Lipinski definition) is 8. The van der Waals surface area contributed by atoms with Crippen LogP contribution in [0.1, 0.15) is 35.9 Å². The van der Waals surface area contributed by atoms with Crippen molar-refractivity contribution in [2.75, 3.05) is 24.2 Å². The van der Waals surface area contributed by atoms with Gasteiger partial charge in [-0.1, -0.05) is 29.8 Å². The second-order valence-corrected chi connectivity index (χ2v) is 7.60. The van der Waals surface area contributed by atoms with Crippen molar-refractivity contribution in [3.05, 3.63) is 46.9 Å². The van der Waals surface area contributed by atoms with E-state index in [4.69, 9.17) is 26.8 Å². The van der Waals surface area contributed by atoms with Crippen LogP contribution >= 0.6 is 11.6 Å². The maximum atomic E-state index is 12.6. The second kappa shape index (κ2) is 9.93. The number of benzene rings is 1. The Kier molecular flexibility index (Phi) is 7.29. The first-order valence-electron chi connectivity index (χ1n) is 10.0. The molecule has 0 saturated carbocycles. The lowest BCUT2D eigenvalue weighted by Crippen LogP contribution is -2.35. The number of aryl methyl sites for hydroxylation is 1. The molecule has 31 heavy (non-hydrogen) atoms. The first-order valence-corrected chi connectivity index (χ1v) is 10.4. The molecule has 2 aromatic rings. The minimum absolute atomic E-state index is 0.0595. The van der Waals surface area contributed by atoms with Gasteiger partial charge >= 0.3 is 5.97 Å². The van der Waals surface area contributed by atoms with Gasteiger partial charge in [0.25, 0.3) is 0 Å². The molecule has 1 aromatic heterocycles. The molecule has 2 unspecified atom stereocenters. The number of ether oxygens (including phenoxy) is 2. The number of carbonyl (C=O) groups is 2. The second-order valence-electron chi connectivity index (χ2n) is 7.24. The van der Waals surface area contributed by atoms with Gasteiger partial charge in [-0.05, 0) is 26.0 Å². The van der Waals surface area contributed by atoms with Crippen LogP contribution in [0.3, 0.4) is 0 Å². The molecule has 2 heterocycles. The summed E-state index contributed by atoms with van der Waals surface area (Å²) in [5, 5.41) is 2.90. The van der Waals surface area contributed by atoms with Crippen LogP contribution in [0, 0.1) is 6.92 Å². The Morgan fingerprint density at radius 3 is 2.71 bits per heavy atom. The Balaban J connectivity index is 1.80. The predicted molar refractivity (Wildman–Crippen MR) is 117 cm³/mol. The minimum atomic E-state index is -0.623. The first-order chi connectivity index (χ1) is 14.8. The highest BCUT2D eigenvalue weighted by Crippen LogP contribution is 2.33. The summed E-state index contributed by atoms with van der Waals surface area (Å²) in [5.41, 5.74) is 6.72. The van der Waals surface area contributed by atoms with Crippen LogP contribution in [-0.2, 0) is 14.3 Å². The molecule has 3 rings (SSSR count). The van der Waals surface area contributed by atoms with Crippen molar-refractivity contribution in [3.63, 3.8) is 0 Å². The summed E-state index contributed by atoms with van der Waals surface area (Å²) in [4.78, 5) is 34.9. The minimum Gasteiger partial charge on any atom is -0.456 e. The van der Waals surface area contributed by atoms with Gasteiger partial charge in [0, 0.05) is 20.0 Å². The number of anilines is 2. The van der Waals surface area contributed by atoms with E-state index in [1.807, 2.05) is 13.0 Å². The average Bonchev–Trinajstić information content (AvgIpc) is 3.13. The van der Waals surface area contributed by atoms with Crippen LogP contribution in [0.15, 0.2) is 30.3 Å². The lowest BCUT2D eigenvalue weighted by molar-refractivity contribution is -0.125. The van der Waals surface area contributed by atoms with Gasteiger partial charge in [-0.2, -0.15) is 0 Å². The number of aromatic nitrogens is 2. The van der Waals surface area contributed by atoms with E-state index in [-0.39, 0.29) is 23.2 Å². The normalized spacial score (nSPS) is 20.3. The largest absolute Gasteiger partial charge is 0.456 e. The first kappa shape index (κ1) is 22.8. The molecule has 166 valence electrons. The lowest BCUT2D eigenvalue weighted by Gasteiger charge is -2.26. The molecule has 1 aliphatic heterocycles. The smallest absolute Gasteiger partial charge is 0.338 e. The monoisotopic (exact) mass is 447 g/mol. The molecule has 0 radical (unpaired) electrons. The third kappa shape index (κ3) is 5.42. The zero-order valence-corrected chi connectivity index (χ0v) is 18.4. The van der Waals surface area contributed by atoms with E-state index in [1.54, 1.807) is 43.1 Å². The van der Waals surface area contributed by atoms with Gasteiger partial charge in [0.15, 0.2) is 11.0 Å². The topological polar surface area (TPSA) is 120 Å². The summed E-state index contributed by atoms with van der Waals surface area (Å²) < 4.78 is 11.8. The van der Waals surface area contributed by atoms with Crippen LogP contribution in [0.2, 0.25) is 5.15 Å². The molecular formula is C21H26ClN5O4. The quantitative estimate of drug-likeness (QED) is 0.490. The number of carbonyl (C=O) groups excluding carboxylic acids is 2. The number of nitrogens with zero attached hydrogens (tertiary/aromatic N) is 3. The number of amides is 1. The van der Waals surface area contributed by atoms with E-state index in [2.05, 4.69) is 15.3 Å². The third-order valence-electron chi connectivity index (χ3n) is 4.97. The molecule has 1 amide bonds. The third-order valence-corrected chi connectivity index (χ3v) is 5.25. The summed E-state index contributed by atoms with van der Waals surface area (Å²) in [5.74, 6) is 0.218. The van der Waals surface area contributed by atoms with Gasteiger partial charge in [-0.15, -0.1) is 0 Å². The Bertz CT molecular complexity index is 943. The van der Waals surface area contributed by atoms with Crippen LogP contribution in [0.25, 0.3) is 0 Å². The van der Waals surface area contributed by atoms with Gasteiger partial charge in [0.05, 0.1) is 12.0 Å². The molecule has 1 aliphatic rings. The molecule has 0 bridgehead atoms. The zero-order chi connectivity index (χ0) is 22.5. The molecule has 3 N–H and O–H groups in total. The highest BCUT2D eigenvalue weighted by Gasteiger charge is 2.41. The number of halogens is 1. The fraction of sp³-hybridized carbons (Fsp3) is 0.429. The van der Waals surface area contributed by atoms with Crippen molar-refractivity contribution in [1.82, 2.24) is 15.3 Å². The Morgan fingerprint density at radius 1 is 1.32 bits per heavy atom. The van der Waals surface area contributed by atoms with Crippen molar-refractivity contribution < 1.29 is 19.1 Å². The maximum absolute atomic E-state index is 12.6. The number of esters is 1. The van der Waals surface area contributed by atoms with Crippen LogP contribution in [0.5, 0.6) is 0 Å². The van der Waals surface area contributed by atoms with E-state index in [0.29, 0.717) is 30.2 Å². The van der Waals surface area contributed by atoms with Gasteiger partial charge in [-0.3, -0.25) is 4.79 Å². The lowest BCUT2D eigenvalue weighted by atomic mass is 10.1. The average molecular weight is 448 g/mol. The molecular weight excluding hydrogens is 422 g/mol. The molecule has 9 nitrogen and oxygen atoms in total. The molecule has 1 aromatic carbocycles. The van der Waals surface area contributed by atoms with Crippen molar-refractivity contribution in [3.8, 4) is 0 Å². The Labute approximate surface area is 185 Å². The van der Waals surface area contributed by atoms with E-state index in [0.717, 1.165) is 0 Å². The molecule has 3 atom stereocenters. The summed E-state index contributed by atoms with van der Waals surface area (Å²) in [6, 6.07) is 8.68. The number of hydrogen-bond donors (Lipinski definition) is 2. The van der Waals surface area contributed by atoms with E-state index in [1.165, 1.54) is 0 Å². The van der Waals surface area contributed by atoms with Gasteiger partial charge in [0.2, 0.25) is 5.91 Å². The summed E-state index contributed by atoms with van der Waals surface area (Å²) in [6.07, 6.45) is -1.38. The Morgan fingerprint density at radius 2 is 2.03 bits per heavy atom. The Hall–Kier alpha value is -2.91. The summed E-state index contributed by atoms with van der Waals surface area (Å²) in [6.45, 7) is 4.04. The molecule has 1 saturated heterocycles. The van der Waals surface area contributed by atoms with Crippen LogP contribution in [0.4, 0.5) is 11.5 Å². The van der Waals surface area contributed by atoms with Gasteiger partial charge in [0.1, 0.15) is 29.9 Å². The number of nitrogens with one attached hydrogen (secondary N) is 1. The van der Waals surface area contributed by atoms with E-state index >= 15 is 0 Å². The van der Waals surface area contributed by atoms with Crippen molar-refractivity contribution >= 4 is 35.0 Å². The summed E-state index contributed by atoms with van der Waals surface area (Å²) in [7, 11) is 1.75. The summed E-state index contributed by atoms with van der Waals surface area (Å²) >= 11 is 6.10. The maximum Gasteiger partial charge on any atom is 0.338 e. The molecule has 1 fully saturated rings. The van der Waals surface area contributed by atoms with Crippen molar-refractivity contribution in [1.29, 1.82) is 0 Å².